The molecule has 2 heterocycles. The molecule has 1 saturated heterocycles. The van der Waals surface area contributed by atoms with Crippen LogP contribution in [0.25, 0.3) is 0 Å². The van der Waals surface area contributed by atoms with Gasteiger partial charge in [0.15, 0.2) is 0 Å². The molecule has 2 aliphatic heterocycles. The van der Waals surface area contributed by atoms with Crippen LogP contribution in [0.15, 0.2) is 48.5 Å². The van der Waals surface area contributed by atoms with E-state index in [1.807, 2.05) is 42.5 Å². The third-order valence-electron chi connectivity index (χ3n) is 5.04. The fraction of sp³-hybridized carbons (Fsp3) is 0.286. The summed E-state index contributed by atoms with van der Waals surface area (Å²) in [6.45, 7) is 2.52. The van der Waals surface area contributed by atoms with Crippen LogP contribution in [-0.2, 0) is 14.4 Å². The molecule has 0 radical (unpaired) electrons. The van der Waals surface area contributed by atoms with Gasteiger partial charge in [-0.15, -0.1) is 0 Å². The molecule has 0 aromatic heterocycles. The lowest BCUT2D eigenvalue weighted by Gasteiger charge is -2.31. The Labute approximate surface area is 163 Å². The van der Waals surface area contributed by atoms with Crippen molar-refractivity contribution in [3.05, 3.63) is 48.5 Å². The summed E-state index contributed by atoms with van der Waals surface area (Å²) < 4.78 is 0. The number of rotatable bonds is 4. The summed E-state index contributed by atoms with van der Waals surface area (Å²) in [5, 5.41) is 5.97. The third-order valence-corrected chi connectivity index (χ3v) is 5.04. The first kappa shape index (κ1) is 18.0. The van der Waals surface area contributed by atoms with Crippen molar-refractivity contribution in [3.63, 3.8) is 0 Å². The van der Waals surface area contributed by atoms with Crippen LogP contribution in [0.5, 0.6) is 0 Å². The highest BCUT2D eigenvalue weighted by Gasteiger charge is 2.29. The summed E-state index contributed by atoms with van der Waals surface area (Å²) >= 11 is 0. The fourth-order valence-corrected chi connectivity index (χ4v) is 3.63. The average molecular weight is 378 g/mol. The van der Waals surface area contributed by atoms with Gasteiger partial charge in [-0.3, -0.25) is 19.3 Å². The molecule has 0 saturated carbocycles. The molecule has 7 nitrogen and oxygen atoms in total. The second-order valence-electron chi connectivity index (χ2n) is 7.05. The van der Waals surface area contributed by atoms with E-state index in [0.29, 0.717) is 17.8 Å². The van der Waals surface area contributed by atoms with Gasteiger partial charge in [0, 0.05) is 24.3 Å². The smallest absolute Gasteiger partial charge is 0.249 e. The first-order chi connectivity index (χ1) is 13.5. The van der Waals surface area contributed by atoms with Gasteiger partial charge in [0.2, 0.25) is 17.7 Å². The minimum Gasteiger partial charge on any atom is -0.374 e. The second-order valence-corrected chi connectivity index (χ2v) is 7.05. The van der Waals surface area contributed by atoms with Gasteiger partial charge in [0.05, 0.1) is 11.4 Å². The number of amides is 3. The van der Waals surface area contributed by atoms with E-state index in [1.54, 1.807) is 17.9 Å². The van der Waals surface area contributed by atoms with Crippen LogP contribution >= 0.6 is 0 Å². The normalized spacial score (nSPS) is 17.2. The van der Waals surface area contributed by atoms with Gasteiger partial charge >= 0.3 is 0 Å². The zero-order valence-corrected chi connectivity index (χ0v) is 15.6. The Morgan fingerprint density at radius 1 is 1.11 bits per heavy atom. The molecule has 3 amide bonds. The van der Waals surface area contributed by atoms with Gasteiger partial charge in [0.25, 0.3) is 0 Å². The molecule has 1 atom stereocenters. The average Bonchev–Trinajstić information content (AvgIpc) is 3.13. The summed E-state index contributed by atoms with van der Waals surface area (Å²) in [6, 6.07) is 14.2. The van der Waals surface area contributed by atoms with E-state index in [9.17, 15) is 14.4 Å². The molecule has 7 heteroatoms. The zero-order chi connectivity index (χ0) is 19.7. The van der Waals surface area contributed by atoms with E-state index in [0.717, 1.165) is 24.3 Å². The van der Waals surface area contributed by atoms with Gasteiger partial charge in [-0.2, -0.15) is 0 Å². The molecule has 2 N–H and O–H groups in total. The monoisotopic (exact) mass is 378 g/mol. The topological polar surface area (TPSA) is 81.8 Å². The number of nitrogens with zero attached hydrogens (tertiary/aromatic N) is 2. The quantitative estimate of drug-likeness (QED) is 0.857. The number of para-hydroxylation sites is 2. The van der Waals surface area contributed by atoms with Crippen molar-refractivity contribution >= 4 is 40.5 Å². The molecule has 2 aliphatic rings. The number of anilines is 4. The molecule has 0 bridgehead atoms. The summed E-state index contributed by atoms with van der Waals surface area (Å²) in [6.07, 6.45) is 1.48. The maximum atomic E-state index is 13.0. The highest BCUT2D eigenvalue weighted by molar-refractivity contribution is 6.11. The number of nitrogens with one attached hydrogen (secondary N) is 2. The number of hydrogen-bond acceptors (Lipinski definition) is 4. The Morgan fingerprint density at radius 3 is 2.57 bits per heavy atom. The second kappa shape index (κ2) is 7.34. The molecule has 1 fully saturated rings. The number of hydrogen-bond donors (Lipinski definition) is 2. The van der Waals surface area contributed by atoms with Crippen molar-refractivity contribution in [3.8, 4) is 0 Å². The van der Waals surface area contributed by atoms with Crippen molar-refractivity contribution in [2.24, 2.45) is 0 Å². The van der Waals surface area contributed by atoms with Crippen molar-refractivity contribution < 1.29 is 14.4 Å². The van der Waals surface area contributed by atoms with Crippen LogP contribution in [0, 0.1) is 0 Å². The summed E-state index contributed by atoms with van der Waals surface area (Å²) in [7, 11) is 0. The van der Waals surface area contributed by atoms with Crippen LogP contribution < -0.4 is 20.4 Å². The highest BCUT2D eigenvalue weighted by Crippen LogP contribution is 2.30. The van der Waals surface area contributed by atoms with Gasteiger partial charge in [-0.25, -0.2) is 0 Å². The van der Waals surface area contributed by atoms with E-state index in [-0.39, 0.29) is 24.3 Å². The summed E-state index contributed by atoms with van der Waals surface area (Å²) in [5.74, 6) is -0.244. The molecule has 1 unspecified atom stereocenters. The van der Waals surface area contributed by atoms with Gasteiger partial charge in [0.1, 0.15) is 12.6 Å². The lowest BCUT2D eigenvalue weighted by atomic mass is 10.1. The van der Waals surface area contributed by atoms with Gasteiger partial charge in [-0.05, 0) is 49.7 Å². The van der Waals surface area contributed by atoms with E-state index in [4.69, 9.17) is 0 Å². The Hall–Kier alpha value is -3.35. The van der Waals surface area contributed by atoms with Crippen molar-refractivity contribution in [1.82, 2.24) is 0 Å². The van der Waals surface area contributed by atoms with Gasteiger partial charge < -0.3 is 15.5 Å². The van der Waals surface area contributed by atoms with Crippen molar-refractivity contribution in [1.29, 1.82) is 0 Å². The predicted molar refractivity (Wildman–Crippen MR) is 109 cm³/mol. The van der Waals surface area contributed by atoms with Crippen LogP contribution in [0.4, 0.5) is 22.7 Å². The molecule has 0 aliphatic carbocycles. The maximum absolute atomic E-state index is 13.0. The Balaban J connectivity index is 1.46. The Morgan fingerprint density at radius 2 is 1.86 bits per heavy atom. The van der Waals surface area contributed by atoms with E-state index in [1.165, 1.54) is 4.90 Å². The molecule has 2 aromatic carbocycles. The molecule has 28 heavy (non-hydrogen) atoms. The van der Waals surface area contributed by atoms with E-state index in [2.05, 4.69) is 10.6 Å². The molecular weight excluding hydrogens is 356 g/mol. The number of fused-ring (bicyclic) bond motifs is 1. The maximum Gasteiger partial charge on any atom is 0.249 e. The molecule has 4 rings (SSSR count). The Bertz CT molecular complexity index is 926. The number of benzene rings is 2. The van der Waals surface area contributed by atoms with Gasteiger partial charge in [-0.1, -0.05) is 12.1 Å². The zero-order valence-electron chi connectivity index (χ0n) is 15.6. The fourth-order valence-electron chi connectivity index (χ4n) is 3.63. The third kappa shape index (κ3) is 3.43. The summed E-state index contributed by atoms with van der Waals surface area (Å²) in [4.78, 5) is 40.1. The minimum absolute atomic E-state index is 0.00211. The lowest BCUT2D eigenvalue weighted by molar-refractivity contribution is -0.122. The molecule has 144 valence electrons. The van der Waals surface area contributed by atoms with Crippen LogP contribution in [0.3, 0.4) is 0 Å². The van der Waals surface area contributed by atoms with Crippen molar-refractivity contribution in [2.45, 2.75) is 25.8 Å². The first-order valence-corrected chi connectivity index (χ1v) is 9.40. The minimum atomic E-state index is -0.516. The SMILES string of the molecule is CC(Nc1ccc(N2CCCC2=O)cc1)C(=O)N1CC(=O)Nc2ccccc21. The van der Waals surface area contributed by atoms with E-state index >= 15 is 0 Å². The number of carbonyl (C=O) groups excluding carboxylic acids is 3. The largest absolute Gasteiger partial charge is 0.374 e. The van der Waals surface area contributed by atoms with Crippen LogP contribution in [0.1, 0.15) is 19.8 Å². The summed E-state index contributed by atoms with van der Waals surface area (Å²) in [5.41, 5.74) is 2.99. The van der Waals surface area contributed by atoms with Crippen LogP contribution in [-0.4, -0.2) is 36.9 Å². The standard InChI is InChI=1S/C21H22N4O3/c1-14(21(28)25-13-19(26)23-17-5-2-3-6-18(17)25)22-15-8-10-16(11-9-15)24-12-4-7-20(24)27/h2-3,5-6,8-11,14,22H,4,7,12-13H2,1H3,(H,23,26). The Kier molecular flexibility index (Phi) is 4.73. The molecule has 2 aromatic rings. The highest BCUT2D eigenvalue weighted by atomic mass is 16.2. The first-order valence-electron chi connectivity index (χ1n) is 9.40. The van der Waals surface area contributed by atoms with Crippen molar-refractivity contribution in [2.75, 3.05) is 33.5 Å². The predicted octanol–water partition coefficient (Wildman–Crippen LogP) is 2.60. The lowest BCUT2D eigenvalue weighted by Crippen LogP contribution is -2.47. The van der Waals surface area contributed by atoms with Crippen LogP contribution in [0.2, 0.25) is 0 Å². The van der Waals surface area contributed by atoms with E-state index < -0.39 is 6.04 Å². The molecular formula is C21H22N4O3. The number of carbonyl (C=O) groups is 3. The molecule has 0 spiro atoms.